The molecular weight excluding hydrogens is 368 g/mol. The minimum Gasteiger partial charge on any atom is -0.273 e. The first-order valence-corrected chi connectivity index (χ1v) is 10.2. The first-order chi connectivity index (χ1) is 14.7. The van der Waals surface area contributed by atoms with Crippen molar-refractivity contribution in [2.24, 2.45) is 5.10 Å². The average Bonchev–Trinajstić information content (AvgIpc) is 2.81. The van der Waals surface area contributed by atoms with E-state index in [0.717, 1.165) is 39.6 Å². The molecule has 3 nitrogen and oxygen atoms in total. The monoisotopic (exact) mass is 392 g/mol. The number of hydrazone groups is 1. The lowest BCUT2D eigenvalue weighted by Crippen LogP contribution is -2.22. The molecule has 0 atom stereocenters. The summed E-state index contributed by atoms with van der Waals surface area (Å²) in [6.45, 7) is 2.04. The van der Waals surface area contributed by atoms with Gasteiger partial charge in [-0.2, -0.15) is 5.10 Å². The summed E-state index contributed by atoms with van der Waals surface area (Å²) in [4.78, 5) is 12.5. The lowest BCUT2D eigenvalue weighted by molar-refractivity contribution is -0.120. The van der Waals surface area contributed by atoms with Crippen LogP contribution in [0, 0.1) is 0 Å². The number of hydrogen-bond donors (Lipinski definition) is 1. The Morgan fingerprint density at radius 3 is 2.20 bits per heavy atom. The molecule has 0 heterocycles. The summed E-state index contributed by atoms with van der Waals surface area (Å²) in [6, 6.07) is 32.7. The van der Waals surface area contributed by atoms with Gasteiger partial charge in [-0.3, -0.25) is 4.79 Å². The van der Waals surface area contributed by atoms with Crippen LogP contribution in [-0.2, 0) is 11.2 Å². The Hall–Kier alpha value is -3.72. The van der Waals surface area contributed by atoms with Crippen molar-refractivity contribution < 1.29 is 4.79 Å². The molecule has 4 rings (SSSR count). The standard InChI is InChI=1S/C27H24N2O/c1-2-26(23-17-15-21(16-18-23)20-9-4-3-5-10-20)28-29-27(30)19-24-13-8-12-22-11-6-7-14-25(22)24/h3-18H,2,19H2,1H3,(H,29,30). The van der Waals surface area contributed by atoms with Crippen molar-refractivity contribution in [3.05, 3.63) is 108 Å². The summed E-state index contributed by atoms with van der Waals surface area (Å²) in [6.07, 6.45) is 1.04. The second-order valence-corrected chi connectivity index (χ2v) is 7.21. The minimum absolute atomic E-state index is 0.113. The van der Waals surface area contributed by atoms with E-state index in [-0.39, 0.29) is 5.91 Å². The van der Waals surface area contributed by atoms with Crippen LogP contribution in [-0.4, -0.2) is 11.6 Å². The first-order valence-electron chi connectivity index (χ1n) is 10.2. The Labute approximate surface area is 177 Å². The van der Waals surface area contributed by atoms with Gasteiger partial charge in [-0.25, -0.2) is 5.43 Å². The molecule has 4 aromatic carbocycles. The minimum atomic E-state index is -0.113. The Bertz CT molecular complexity index is 1170. The maximum atomic E-state index is 12.5. The molecule has 0 fully saturated rings. The average molecular weight is 393 g/mol. The van der Waals surface area contributed by atoms with Crippen LogP contribution in [0.5, 0.6) is 0 Å². The molecule has 30 heavy (non-hydrogen) atoms. The predicted octanol–water partition coefficient (Wildman–Crippen LogP) is 5.98. The lowest BCUT2D eigenvalue weighted by atomic mass is 10.0. The molecular formula is C27H24N2O. The zero-order valence-electron chi connectivity index (χ0n) is 17.0. The zero-order chi connectivity index (χ0) is 20.8. The van der Waals surface area contributed by atoms with Crippen LogP contribution in [0.15, 0.2) is 102 Å². The second kappa shape index (κ2) is 9.19. The van der Waals surface area contributed by atoms with Gasteiger partial charge in [0.25, 0.3) is 0 Å². The molecule has 1 N–H and O–H groups in total. The van der Waals surface area contributed by atoms with E-state index in [9.17, 15) is 4.79 Å². The maximum Gasteiger partial charge on any atom is 0.244 e. The van der Waals surface area contributed by atoms with Gasteiger partial charge in [0.15, 0.2) is 0 Å². The Balaban J connectivity index is 1.47. The van der Waals surface area contributed by atoms with Crippen molar-refractivity contribution in [2.75, 3.05) is 0 Å². The number of amides is 1. The van der Waals surface area contributed by atoms with Crippen LogP contribution >= 0.6 is 0 Å². The van der Waals surface area contributed by atoms with E-state index in [1.807, 2.05) is 55.5 Å². The van der Waals surface area contributed by atoms with E-state index in [2.05, 4.69) is 59.1 Å². The summed E-state index contributed by atoms with van der Waals surface area (Å²) >= 11 is 0. The summed E-state index contributed by atoms with van der Waals surface area (Å²) < 4.78 is 0. The number of benzene rings is 4. The lowest BCUT2D eigenvalue weighted by Gasteiger charge is -2.08. The van der Waals surface area contributed by atoms with E-state index in [0.29, 0.717) is 6.42 Å². The largest absolute Gasteiger partial charge is 0.273 e. The van der Waals surface area contributed by atoms with Gasteiger partial charge in [-0.05, 0) is 39.4 Å². The van der Waals surface area contributed by atoms with Crippen molar-refractivity contribution in [3.63, 3.8) is 0 Å². The molecule has 0 aliphatic carbocycles. The number of carbonyl (C=O) groups excluding carboxylic acids is 1. The molecule has 3 heteroatoms. The van der Waals surface area contributed by atoms with Crippen LogP contribution in [0.1, 0.15) is 24.5 Å². The number of fused-ring (bicyclic) bond motifs is 1. The number of rotatable bonds is 6. The highest BCUT2D eigenvalue weighted by Gasteiger charge is 2.08. The van der Waals surface area contributed by atoms with Crippen molar-refractivity contribution in [3.8, 4) is 11.1 Å². The van der Waals surface area contributed by atoms with Gasteiger partial charge in [0.2, 0.25) is 5.91 Å². The topological polar surface area (TPSA) is 41.5 Å². The quantitative estimate of drug-likeness (QED) is 0.318. The number of nitrogens with zero attached hydrogens (tertiary/aromatic N) is 1. The predicted molar refractivity (Wildman–Crippen MR) is 125 cm³/mol. The fourth-order valence-electron chi connectivity index (χ4n) is 3.62. The van der Waals surface area contributed by atoms with Gasteiger partial charge < -0.3 is 0 Å². The van der Waals surface area contributed by atoms with Gasteiger partial charge in [-0.15, -0.1) is 0 Å². The third kappa shape index (κ3) is 4.47. The molecule has 4 aromatic rings. The van der Waals surface area contributed by atoms with Crippen LogP contribution < -0.4 is 5.43 Å². The third-order valence-electron chi connectivity index (χ3n) is 5.21. The highest BCUT2D eigenvalue weighted by atomic mass is 16.2. The van der Waals surface area contributed by atoms with E-state index in [4.69, 9.17) is 0 Å². The van der Waals surface area contributed by atoms with Crippen LogP contribution in [0.2, 0.25) is 0 Å². The molecule has 0 spiro atoms. The molecule has 0 aliphatic heterocycles. The molecule has 0 saturated carbocycles. The molecule has 0 bridgehead atoms. The molecule has 0 aromatic heterocycles. The summed E-state index contributed by atoms with van der Waals surface area (Å²) in [5.74, 6) is -0.113. The van der Waals surface area contributed by atoms with Gasteiger partial charge >= 0.3 is 0 Å². The molecule has 0 radical (unpaired) electrons. The number of hydrogen-bond acceptors (Lipinski definition) is 2. The molecule has 148 valence electrons. The highest BCUT2D eigenvalue weighted by molar-refractivity contribution is 6.01. The van der Waals surface area contributed by atoms with Crippen LogP contribution in [0.4, 0.5) is 0 Å². The smallest absolute Gasteiger partial charge is 0.244 e. The Morgan fingerprint density at radius 1 is 0.767 bits per heavy atom. The molecule has 0 unspecified atom stereocenters. The third-order valence-corrected chi connectivity index (χ3v) is 5.21. The second-order valence-electron chi connectivity index (χ2n) is 7.21. The van der Waals surface area contributed by atoms with Crippen LogP contribution in [0.3, 0.4) is 0 Å². The summed E-state index contributed by atoms with van der Waals surface area (Å²) in [5.41, 5.74) is 7.97. The van der Waals surface area contributed by atoms with Crippen molar-refractivity contribution >= 4 is 22.4 Å². The van der Waals surface area contributed by atoms with Gasteiger partial charge in [-0.1, -0.05) is 104 Å². The fourth-order valence-corrected chi connectivity index (χ4v) is 3.62. The van der Waals surface area contributed by atoms with E-state index in [1.165, 1.54) is 5.56 Å². The van der Waals surface area contributed by atoms with E-state index in [1.54, 1.807) is 0 Å². The zero-order valence-corrected chi connectivity index (χ0v) is 17.0. The van der Waals surface area contributed by atoms with Crippen LogP contribution in [0.25, 0.3) is 21.9 Å². The SMILES string of the molecule is CCC(=NNC(=O)Cc1cccc2ccccc12)c1ccc(-c2ccccc2)cc1. The molecule has 0 saturated heterocycles. The van der Waals surface area contributed by atoms with Crippen molar-refractivity contribution in [2.45, 2.75) is 19.8 Å². The Kier molecular flexibility index (Phi) is 6.00. The van der Waals surface area contributed by atoms with Gasteiger partial charge in [0, 0.05) is 0 Å². The Morgan fingerprint density at radius 2 is 1.43 bits per heavy atom. The first kappa shape index (κ1) is 19.6. The molecule has 0 aliphatic rings. The highest BCUT2D eigenvalue weighted by Crippen LogP contribution is 2.20. The number of nitrogens with one attached hydrogen (secondary N) is 1. The van der Waals surface area contributed by atoms with E-state index < -0.39 is 0 Å². The van der Waals surface area contributed by atoms with E-state index >= 15 is 0 Å². The fraction of sp³-hybridized carbons (Fsp3) is 0.111. The van der Waals surface area contributed by atoms with Gasteiger partial charge in [0.1, 0.15) is 0 Å². The van der Waals surface area contributed by atoms with Crippen molar-refractivity contribution in [1.29, 1.82) is 0 Å². The summed E-state index contributed by atoms with van der Waals surface area (Å²) in [7, 11) is 0. The summed E-state index contributed by atoms with van der Waals surface area (Å²) in [5, 5.41) is 6.65. The molecule has 1 amide bonds. The maximum absolute atomic E-state index is 12.5. The van der Waals surface area contributed by atoms with Crippen molar-refractivity contribution in [1.82, 2.24) is 5.43 Å². The normalized spacial score (nSPS) is 11.4. The number of carbonyl (C=O) groups is 1. The van der Waals surface area contributed by atoms with Gasteiger partial charge in [0.05, 0.1) is 12.1 Å².